The number of hydrogen-bond acceptors (Lipinski definition) is 8. The summed E-state index contributed by atoms with van der Waals surface area (Å²) in [7, 11) is 0. The van der Waals surface area contributed by atoms with Crippen molar-refractivity contribution < 1.29 is 13.9 Å². The van der Waals surface area contributed by atoms with Gasteiger partial charge in [0, 0.05) is 22.8 Å². The molecule has 1 saturated heterocycles. The Morgan fingerprint density at radius 3 is 2.80 bits per heavy atom. The molecular formula is C20H25N5O3S2. The number of rotatable bonds is 9. The summed E-state index contributed by atoms with van der Waals surface area (Å²) in [5.41, 5.74) is 0. The van der Waals surface area contributed by atoms with Gasteiger partial charge in [-0.15, -0.1) is 21.5 Å². The average molecular weight is 448 g/mol. The largest absolute Gasteiger partial charge is 0.467 e. The predicted molar refractivity (Wildman–Crippen MR) is 117 cm³/mol. The third-order valence-electron chi connectivity index (χ3n) is 4.74. The van der Waals surface area contributed by atoms with Gasteiger partial charge in [0.2, 0.25) is 11.9 Å². The first-order valence-electron chi connectivity index (χ1n) is 9.98. The van der Waals surface area contributed by atoms with E-state index in [4.69, 9.17) is 9.15 Å². The molecule has 0 radical (unpaired) electrons. The number of amides is 1. The van der Waals surface area contributed by atoms with E-state index >= 15 is 0 Å². The van der Waals surface area contributed by atoms with Gasteiger partial charge >= 0.3 is 0 Å². The average Bonchev–Trinajstić information content (AvgIpc) is 3.53. The van der Waals surface area contributed by atoms with E-state index in [1.54, 1.807) is 17.6 Å². The van der Waals surface area contributed by atoms with Crippen molar-refractivity contribution in [1.29, 1.82) is 0 Å². The molecule has 3 aromatic rings. The van der Waals surface area contributed by atoms with Crippen LogP contribution in [0.25, 0.3) is 0 Å². The zero-order valence-electron chi connectivity index (χ0n) is 16.9. The van der Waals surface area contributed by atoms with Crippen molar-refractivity contribution in [2.45, 2.75) is 31.6 Å². The summed E-state index contributed by atoms with van der Waals surface area (Å²) >= 11 is 3.13. The Balaban J connectivity index is 1.39. The molecule has 1 fully saturated rings. The number of carbonyl (C=O) groups is 1. The molecule has 8 nitrogen and oxygen atoms in total. The highest BCUT2D eigenvalue weighted by atomic mass is 32.2. The molecule has 160 valence electrons. The van der Waals surface area contributed by atoms with Crippen LogP contribution < -0.4 is 10.2 Å². The van der Waals surface area contributed by atoms with Crippen LogP contribution >= 0.6 is 23.1 Å². The molecule has 0 saturated carbocycles. The number of furan rings is 1. The molecule has 1 N–H and O–H groups in total. The van der Waals surface area contributed by atoms with E-state index in [-0.39, 0.29) is 11.7 Å². The van der Waals surface area contributed by atoms with Gasteiger partial charge in [-0.05, 0) is 30.7 Å². The highest BCUT2D eigenvalue weighted by molar-refractivity contribution is 7.99. The van der Waals surface area contributed by atoms with Crippen molar-refractivity contribution >= 4 is 35.0 Å². The lowest BCUT2D eigenvalue weighted by Crippen LogP contribution is -2.38. The van der Waals surface area contributed by atoms with E-state index < -0.39 is 0 Å². The monoisotopic (exact) mass is 447 g/mol. The maximum Gasteiger partial charge on any atom is 0.230 e. The number of anilines is 1. The van der Waals surface area contributed by atoms with Crippen molar-refractivity contribution in [1.82, 2.24) is 20.1 Å². The van der Waals surface area contributed by atoms with E-state index in [0.29, 0.717) is 31.5 Å². The number of thiophene rings is 1. The predicted octanol–water partition coefficient (Wildman–Crippen LogP) is 2.79. The van der Waals surface area contributed by atoms with E-state index in [0.717, 1.165) is 31.2 Å². The second-order valence-corrected chi connectivity index (χ2v) is 9.03. The molecule has 3 aromatic heterocycles. The highest BCUT2D eigenvalue weighted by Gasteiger charge is 2.22. The van der Waals surface area contributed by atoms with Crippen molar-refractivity contribution in [3.05, 3.63) is 46.0 Å². The lowest BCUT2D eigenvalue weighted by atomic mass is 10.3. The Labute approximate surface area is 183 Å². The molecule has 0 bridgehead atoms. The number of hydrogen-bond donors (Lipinski definition) is 1. The SMILES string of the molecule is CCc1ccc(CNC(=O)CSc2nnc(N3CCOCC3)n2Cc2ccco2)s1. The fourth-order valence-corrected chi connectivity index (χ4v) is 4.82. The lowest BCUT2D eigenvalue weighted by Gasteiger charge is -2.27. The van der Waals surface area contributed by atoms with Crippen molar-refractivity contribution in [2.75, 3.05) is 37.0 Å². The minimum absolute atomic E-state index is 0.0214. The fourth-order valence-electron chi connectivity index (χ4n) is 3.16. The van der Waals surface area contributed by atoms with Crippen LogP contribution in [-0.4, -0.2) is 52.7 Å². The number of carbonyl (C=O) groups excluding carboxylic acids is 1. The van der Waals surface area contributed by atoms with Crippen LogP contribution in [0.3, 0.4) is 0 Å². The third kappa shape index (κ3) is 5.24. The van der Waals surface area contributed by atoms with Crippen molar-refractivity contribution in [3.8, 4) is 0 Å². The van der Waals surface area contributed by atoms with Gasteiger partial charge in [-0.3, -0.25) is 9.36 Å². The summed E-state index contributed by atoms with van der Waals surface area (Å²) in [6.45, 7) is 6.08. The van der Waals surface area contributed by atoms with Gasteiger partial charge in [0.1, 0.15) is 5.76 Å². The first-order valence-corrected chi connectivity index (χ1v) is 11.8. The first kappa shape index (κ1) is 21.0. The number of aryl methyl sites for hydroxylation is 1. The standard InChI is InChI=1S/C20H25N5O3S2/c1-2-16-5-6-17(30-16)12-21-18(26)14-29-20-23-22-19(24-7-10-27-11-8-24)25(20)13-15-4-3-9-28-15/h3-6,9H,2,7-8,10-14H2,1H3,(H,21,26). The fraction of sp³-hybridized carbons (Fsp3) is 0.450. The summed E-state index contributed by atoms with van der Waals surface area (Å²) in [5, 5.41) is 12.4. The maximum atomic E-state index is 12.4. The Kier molecular flexibility index (Phi) is 7.08. The van der Waals surface area contributed by atoms with Crippen LogP contribution in [0.4, 0.5) is 5.95 Å². The van der Waals surface area contributed by atoms with Crippen LogP contribution in [0, 0.1) is 0 Å². The molecule has 10 heteroatoms. The number of nitrogens with zero attached hydrogens (tertiary/aromatic N) is 4. The number of aromatic nitrogens is 3. The molecule has 0 spiro atoms. The van der Waals surface area contributed by atoms with Crippen molar-refractivity contribution in [3.63, 3.8) is 0 Å². The Morgan fingerprint density at radius 2 is 2.07 bits per heavy atom. The number of ether oxygens (including phenoxy) is 1. The summed E-state index contributed by atoms with van der Waals surface area (Å²) in [5.74, 6) is 1.86. The van der Waals surface area contributed by atoms with Gasteiger partial charge in [0.15, 0.2) is 5.16 Å². The second-order valence-electron chi connectivity index (χ2n) is 6.83. The Morgan fingerprint density at radius 1 is 1.23 bits per heavy atom. The maximum absolute atomic E-state index is 12.4. The quantitative estimate of drug-likeness (QED) is 0.505. The van der Waals surface area contributed by atoms with Crippen LogP contribution in [-0.2, 0) is 29.0 Å². The van der Waals surface area contributed by atoms with Gasteiger partial charge in [-0.2, -0.15) is 0 Å². The minimum atomic E-state index is -0.0214. The van der Waals surface area contributed by atoms with E-state index in [1.165, 1.54) is 21.5 Å². The molecule has 1 amide bonds. The zero-order chi connectivity index (χ0) is 20.8. The number of thioether (sulfide) groups is 1. The van der Waals surface area contributed by atoms with Gasteiger partial charge in [-0.1, -0.05) is 18.7 Å². The molecular weight excluding hydrogens is 422 g/mol. The van der Waals surface area contributed by atoms with Crippen molar-refractivity contribution in [2.24, 2.45) is 0 Å². The molecule has 4 heterocycles. The van der Waals surface area contributed by atoms with Crippen LogP contribution in [0.15, 0.2) is 40.1 Å². The smallest absolute Gasteiger partial charge is 0.230 e. The summed E-state index contributed by atoms with van der Waals surface area (Å²) in [6.07, 6.45) is 2.67. The normalized spacial score (nSPS) is 14.2. The van der Waals surface area contributed by atoms with Gasteiger partial charge in [-0.25, -0.2) is 0 Å². The van der Waals surface area contributed by atoms with Crippen LogP contribution in [0.5, 0.6) is 0 Å². The topological polar surface area (TPSA) is 85.4 Å². The zero-order valence-corrected chi connectivity index (χ0v) is 18.5. The van der Waals surface area contributed by atoms with E-state index in [1.807, 2.05) is 16.7 Å². The van der Waals surface area contributed by atoms with E-state index in [2.05, 4.69) is 39.5 Å². The highest BCUT2D eigenvalue weighted by Crippen LogP contribution is 2.24. The summed E-state index contributed by atoms with van der Waals surface area (Å²) < 4.78 is 13.0. The van der Waals surface area contributed by atoms with Crippen LogP contribution in [0.1, 0.15) is 22.4 Å². The van der Waals surface area contributed by atoms with Gasteiger partial charge in [0.05, 0.1) is 38.3 Å². The molecule has 0 unspecified atom stereocenters. The minimum Gasteiger partial charge on any atom is -0.467 e. The first-order chi connectivity index (χ1) is 14.7. The molecule has 1 aliphatic heterocycles. The molecule has 0 atom stereocenters. The Hall–Kier alpha value is -2.30. The third-order valence-corrected chi connectivity index (χ3v) is 6.94. The molecule has 4 rings (SSSR count). The molecule has 0 aromatic carbocycles. The molecule has 1 aliphatic rings. The molecule has 0 aliphatic carbocycles. The summed E-state index contributed by atoms with van der Waals surface area (Å²) in [4.78, 5) is 17.0. The van der Waals surface area contributed by atoms with E-state index in [9.17, 15) is 4.79 Å². The summed E-state index contributed by atoms with van der Waals surface area (Å²) in [6, 6.07) is 7.98. The lowest BCUT2D eigenvalue weighted by molar-refractivity contribution is -0.118. The Bertz CT molecular complexity index is 948. The number of morpholine rings is 1. The van der Waals surface area contributed by atoms with Gasteiger partial charge in [0.25, 0.3) is 0 Å². The molecule has 30 heavy (non-hydrogen) atoms. The number of nitrogens with one attached hydrogen (secondary N) is 1. The second kappa shape index (κ2) is 10.1. The van der Waals surface area contributed by atoms with Gasteiger partial charge < -0.3 is 19.4 Å². The van der Waals surface area contributed by atoms with Crippen LogP contribution in [0.2, 0.25) is 0 Å².